The maximum absolute atomic E-state index is 9.59. The lowest BCUT2D eigenvalue weighted by Gasteiger charge is -2.12. The molecule has 12 heavy (non-hydrogen) atoms. The number of rotatable bonds is 3. The fourth-order valence-corrected chi connectivity index (χ4v) is 1.04. The van der Waals surface area contributed by atoms with Gasteiger partial charge >= 0.3 is 0 Å². The van der Waals surface area contributed by atoms with Crippen LogP contribution < -0.4 is 0 Å². The molecule has 0 amide bonds. The van der Waals surface area contributed by atoms with E-state index >= 15 is 0 Å². The number of imidazole rings is 1. The Morgan fingerprint density at radius 2 is 2.25 bits per heavy atom. The molecule has 68 valence electrons. The summed E-state index contributed by atoms with van der Waals surface area (Å²) < 4.78 is 0. The first-order chi connectivity index (χ1) is 5.54. The topological polar surface area (TPSA) is 48.9 Å². The molecular weight excluding hydrogens is 152 g/mol. The molecule has 1 aromatic heterocycles. The molecule has 1 heterocycles. The standard InChI is InChI=1S/C9H16N2O/c1-4-5-8-10-6-7(11-8)9(2,3)12/h6,12H,4-5H2,1-3H3,(H,10,11). The molecule has 1 aromatic rings. The average Bonchev–Trinajstić information content (AvgIpc) is 2.35. The summed E-state index contributed by atoms with van der Waals surface area (Å²) in [5.41, 5.74) is -0.117. The van der Waals surface area contributed by atoms with Gasteiger partial charge in [0, 0.05) is 12.6 Å². The Labute approximate surface area is 72.8 Å². The zero-order valence-electron chi connectivity index (χ0n) is 7.89. The molecule has 0 aliphatic carbocycles. The fraction of sp³-hybridized carbons (Fsp3) is 0.667. The van der Waals surface area contributed by atoms with Gasteiger partial charge in [0.1, 0.15) is 11.4 Å². The minimum Gasteiger partial charge on any atom is -0.384 e. The third-order valence-electron chi connectivity index (χ3n) is 1.74. The molecule has 2 N–H and O–H groups in total. The van der Waals surface area contributed by atoms with Gasteiger partial charge in [0.25, 0.3) is 0 Å². The van der Waals surface area contributed by atoms with Crippen molar-refractivity contribution in [1.29, 1.82) is 0 Å². The summed E-state index contributed by atoms with van der Waals surface area (Å²) in [6.07, 6.45) is 3.78. The van der Waals surface area contributed by atoms with Gasteiger partial charge in [0.2, 0.25) is 0 Å². The second-order valence-corrected chi connectivity index (χ2v) is 3.54. The molecule has 0 radical (unpaired) electrons. The molecule has 0 unspecified atom stereocenters. The highest BCUT2D eigenvalue weighted by molar-refractivity contribution is 5.08. The van der Waals surface area contributed by atoms with Crippen molar-refractivity contribution in [2.24, 2.45) is 0 Å². The summed E-state index contributed by atoms with van der Waals surface area (Å²) in [6, 6.07) is 0. The monoisotopic (exact) mass is 168 g/mol. The van der Waals surface area contributed by atoms with Crippen LogP contribution in [-0.2, 0) is 12.0 Å². The van der Waals surface area contributed by atoms with Crippen molar-refractivity contribution in [3.05, 3.63) is 17.7 Å². The lowest BCUT2D eigenvalue weighted by molar-refractivity contribution is 0.0742. The van der Waals surface area contributed by atoms with Gasteiger partial charge in [-0.05, 0) is 20.3 Å². The Kier molecular flexibility index (Phi) is 2.52. The van der Waals surface area contributed by atoms with E-state index in [9.17, 15) is 5.11 Å². The number of H-pyrrole nitrogens is 1. The number of hydrogen-bond acceptors (Lipinski definition) is 2. The van der Waals surface area contributed by atoms with Crippen LogP contribution in [0.2, 0.25) is 0 Å². The van der Waals surface area contributed by atoms with Gasteiger partial charge in [-0.15, -0.1) is 0 Å². The Hall–Kier alpha value is -0.830. The van der Waals surface area contributed by atoms with Crippen molar-refractivity contribution < 1.29 is 5.11 Å². The third kappa shape index (κ3) is 2.08. The van der Waals surface area contributed by atoms with E-state index in [0.29, 0.717) is 5.69 Å². The lowest BCUT2D eigenvalue weighted by atomic mass is 10.1. The maximum Gasteiger partial charge on any atom is 0.106 e. The zero-order valence-corrected chi connectivity index (χ0v) is 7.89. The second kappa shape index (κ2) is 3.27. The minimum absolute atomic E-state index is 0.714. The normalized spacial score (nSPS) is 12.0. The Morgan fingerprint density at radius 1 is 1.58 bits per heavy atom. The summed E-state index contributed by atoms with van der Waals surface area (Å²) in [6.45, 7) is 5.57. The van der Waals surface area contributed by atoms with Crippen LogP contribution in [0.5, 0.6) is 0 Å². The molecule has 0 saturated carbocycles. The molecule has 3 heteroatoms. The van der Waals surface area contributed by atoms with Crippen molar-refractivity contribution in [2.75, 3.05) is 0 Å². The number of hydrogen-bond donors (Lipinski definition) is 2. The van der Waals surface area contributed by atoms with Crippen LogP contribution in [0.3, 0.4) is 0 Å². The summed E-state index contributed by atoms with van der Waals surface area (Å²) in [5.74, 6) is 0.953. The van der Waals surface area contributed by atoms with E-state index in [1.165, 1.54) is 0 Å². The van der Waals surface area contributed by atoms with Gasteiger partial charge in [-0.2, -0.15) is 0 Å². The van der Waals surface area contributed by atoms with Gasteiger partial charge in [-0.25, -0.2) is 4.98 Å². The van der Waals surface area contributed by atoms with Crippen LogP contribution in [0.1, 0.15) is 38.7 Å². The highest BCUT2D eigenvalue weighted by Gasteiger charge is 2.18. The molecule has 0 fully saturated rings. The van der Waals surface area contributed by atoms with E-state index in [0.717, 1.165) is 18.7 Å². The SMILES string of the molecule is CCCc1nc(C(C)(C)O)c[nH]1. The smallest absolute Gasteiger partial charge is 0.106 e. The highest BCUT2D eigenvalue weighted by Crippen LogP contribution is 2.16. The number of aryl methyl sites for hydroxylation is 1. The molecule has 0 aliphatic rings. The minimum atomic E-state index is -0.831. The first-order valence-electron chi connectivity index (χ1n) is 4.31. The molecule has 3 nitrogen and oxygen atoms in total. The fourth-order valence-electron chi connectivity index (χ4n) is 1.04. The summed E-state index contributed by atoms with van der Waals surface area (Å²) >= 11 is 0. The predicted molar refractivity (Wildman–Crippen MR) is 47.8 cm³/mol. The van der Waals surface area contributed by atoms with E-state index in [4.69, 9.17) is 0 Å². The van der Waals surface area contributed by atoms with Crippen LogP contribution in [0.15, 0.2) is 6.20 Å². The van der Waals surface area contributed by atoms with Gasteiger partial charge in [-0.1, -0.05) is 6.92 Å². The molecule has 0 atom stereocenters. The van der Waals surface area contributed by atoms with Gasteiger partial charge in [0.05, 0.1) is 5.69 Å². The summed E-state index contributed by atoms with van der Waals surface area (Å²) in [4.78, 5) is 7.31. The van der Waals surface area contributed by atoms with Gasteiger partial charge in [0.15, 0.2) is 0 Å². The Bertz CT molecular complexity index is 247. The molecule has 0 spiro atoms. The van der Waals surface area contributed by atoms with E-state index < -0.39 is 5.60 Å². The van der Waals surface area contributed by atoms with Crippen LogP contribution in [0.25, 0.3) is 0 Å². The summed E-state index contributed by atoms with van der Waals surface area (Å²) in [5, 5.41) is 9.59. The number of aromatic nitrogens is 2. The average molecular weight is 168 g/mol. The van der Waals surface area contributed by atoms with Gasteiger partial charge in [-0.3, -0.25) is 0 Å². The van der Waals surface area contributed by atoms with Crippen LogP contribution in [0, 0.1) is 0 Å². The molecule has 0 aliphatic heterocycles. The molecule has 0 bridgehead atoms. The number of aliphatic hydroxyl groups is 1. The Morgan fingerprint density at radius 3 is 2.67 bits per heavy atom. The van der Waals surface area contributed by atoms with E-state index in [1.807, 2.05) is 0 Å². The molecular formula is C9H16N2O. The first kappa shape index (κ1) is 9.26. The zero-order chi connectivity index (χ0) is 9.19. The van der Waals surface area contributed by atoms with Crippen molar-refractivity contribution in [3.63, 3.8) is 0 Å². The highest BCUT2D eigenvalue weighted by atomic mass is 16.3. The van der Waals surface area contributed by atoms with Crippen LogP contribution in [-0.4, -0.2) is 15.1 Å². The lowest BCUT2D eigenvalue weighted by Crippen LogP contribution is -2.15. The van der Waals surface area contributed by atoms with E-state index in [1.54, 1.807) is 20.0 Å². The molecule has 0 aromatic carbocycles. The Balaban J connectivity index is 2.77. The maximum atomic E-state index is 9.59. The predicted octanol–water partition coefficient (Wildman–Crippen LogP) is 1.59. The van der Waals surface area contributed by atoms with E-state index in [2.05, 4.69) is 16.9 Å². The van der Waals surface area contributed by atoms with Crippen LogP contribution >= 0.6 is 0 Å². The van der Waals surface area contributed by atoms with Crippen molar-refractivity contribution in [2.45, 2.75) is 39.2 Å². The molecule has 1 rings (SSSR count). The number of aromatic amines is 1. The second-order valence-electron chi connectivity index (χ2n) is 3.54. The third-order valence-corrected chi connectivity index (χ3v) is 1.74. The van der Waals surface area contributed by atoms with Crippen LogP contribution in [0.4, 0.5) is 0 Å². The largest absolute Gasteiger partial charge is 0.384 e. The molecule has 0 saturated heterocycles. The van der Waals surface area contributed by atoms with Crippen molar-refractivity contribution in [3.8, 4) is 0 Å². The summed E-state index contributed by atoms with van der Waals surface area (Å²) in [7, 11) is 0. The van der Waals surface area contributed by atoms with Gasteiger partial charge < -0.3 is 10.1 Å². The number of nitrogens with zero attached hydrogens (tertiary/aromatic N) is 1. The number of nitrogens with one attached hydrogen (secondary N) is 1. The van der Waals surface area contributed by atoms with Crippen molar-refractivity contribution >= 4 is 0 Å². The first-order valence-corrected chi connectivity index (χ1v) is 4.31. The van der Waals surface area contributed by atoms with E-state index in [-0.39, 0.29) is 0 Å². The quantitative estimate of drug-likeness (QED) is 0.720. The van der Waals surface area contributed by atoms with Crippen molar-refractivity contribution in [1.82, 2.24) is 9.97 Å².